The summed E-state index contributed by atoms with van der Waals surface area (Å²) in [5.41, 5.74) is 5.73. The summed E-state index contributed by atoms with van der Waals surface area (Å²) in [6, 6.07) is 0.278. The first-order valence-electron chi connectivity index (χ1n) is 4.92. The van der Waals surface area contributed by atoms with Gasteiger partial charge in [0.15, 0.2) is 5.16 Å². The van der Waals surface area contributed by atoms with Crippen molar-refractivity contribution in [2.24, 2.45) is 0 Å². The zero-order valence-electron chi connectivity index (χ0n) is 9.60. The molecule has 1 heterocycles. The average molecular weight is 230 g/mol. The first-order chi connectivity index (χ1) is 7.06. The van der Waals surface area contributed by atoms with Crippen LogP contribution in [-0.4, -0.2) is 33.7 Å². The molecule has 0 spiro atoms. The quantitative estimate of drug-likeness (QED) is 0.778. The van der Waals surface area contributed by atoms with E-state index in [-0.39, 0.29) is 12.1 Å². The highest BCUT2D eigenvalue weighted by Gasteiger charge is 2.13. The summed E-state index contributed by atoms with van der Waals surface area (Å²) in [6.07, 6.45) is 0.202. The van der Waals surface area contributed by atoms with E-state index in [0.717, 1.165) is 10.9 Å². The van der Waals surface area contributed by atoms with Crippen molar-refractivity contribution in [3.05, 3.63) is 0 Å². The molecule has 0 amide bonds. The van der Waals surface area contributed by atoms with Gasteiger partial charge in [-0.3, -0.25) is 4.57 Å². The van der Waals surface area contributed by atoms with Crippen molar-refractivity contribution < 1.29 is 4.74 Å². The monoisotopic (exact) mass is 230 g/mol. The van der Waals surface area contributed by atoms with Crippen LogP contribution in [0.5, 0.6) is 0 Å². The van der Waals surface area contributed by atoms with Crippen LogP contribution in [0.3, 0.4) is 0 Å². The zero-order valence-corrected chi connectivity index (χ0v) is 10.4. The van der Waals surface area contributed by atoms with Gasteiger partial charge in [-0.2, -0.15) is 0 Å². The Morgan fingerprint density at radius 1 is 1.40 bits per heavy atom. The predicted molar refractivity (Wildman–Crippen MR) is 62.0 cm³/mol. The van der Waals surface area contributed by atoms with Crippen molar-refractivity contribution in [1.82, 2.24) is 14.8 Å². The van der Waals surface area contributed by atoms with Gasteiger partial charge in [-0.1, -0.05) is 11.8 Å². The van der Waals surface area contributed by atoms with E-state index in [9.17, 15) is 0 Å². The fourth-order valence-electron chi connectivity index (χ4n) is 1.13. The highest BCUT2D eigenvalue weighted by atomic mass is 32.2. The number of ether oxygens (including phenoxy) is 1. The Bertz CT molecular complexity index is 313. The van der Waals surface area contributed by atoms with E-state index in [1.807, 2.05) is 11.5 Å². The molecule has 2 N–H and O–H groups in total. The number of rotatable bonds is 5. The minimum Gasteiger partial charge on any atom is -0.381 e. The minimum absolute atomic E-state index is 0.202. The van der Waals surface area contributed by atoms with E-state index < -0.39 is 0 Å². The molecule has 0 aromatic carbocycles. The smallest absolute Gasteiger partial charge is 0.222 e. The fraction of sp³-hybridized carbons (Fsp3) is 0.778. The molecule has 5 nitrogen and oxygen atoms in total. The molecule has 1 rings (SSSR count). The lowest BCUT2D eigenvalue weighted by Crippen LogP contribution is -2.11. The SMILES string of the molecule is COC(C)CSc1nnc(N)n1C(C)C. The van der Waals surface area contributed by atoms with Gasteiger partial charge in [-0.25, -0.2) is 0 Å². The first-order valence-corrected chi connectivity index (χ1v) is 5.90. The summed E-state index contributed by atoms with van der Waals surface area (Å²) in [5, 5.41) is 8.76. The third-order valence-electron chi connectivity index (χ3n) is 2.06. The van der Waals surface area contributed by atoms with Crippen molar-refractivity contribution >= 4 is 17.7 Å². The van der Waals surface area contributed by atoms with Crippen molar-refractivity contribution in [2.45, 2.75) is 38.1 Å². The molecule has 86 valence electrons. The van der Waals surface area contributed by atoms with Crippen LogP contribution in [0.4, 0.5) is 5.95 Å². The predicted octanol–water partition coefficient (Wildman–Crippen LogP) is 1.57. The Hall–Kier alpha value is -0.750. The van der Waals surface area contributed by atoms with Gasteiger partial charge in [-0.15, -0.1) is 10.2 Å². The lowest BCUT2D eigenvalue weighted by atomic mass is 10.4. The number of thioether (sulfide) groups is 1. The number of nitrogens with zero attached hydrogens (tertiary/aromatic N) is 3. The maximum Gasteiger partial charge on any atom is 0.222 e. The summed E-state index contributed by atoms with van der Waals surface area (Å²) < 4.78 is 7.09. The fourth-order valence-corrected chi connectivity index (χ4v) is 2.19. The lowest BCUT2D eigenvalue weighted by molar-refractivity contribution is 0.137. The van der Waals surface area contributed by atoms with Gasteiger partial charge < -0.3 is 10.5 Å². The van der Waals surface area contributed by atoms with Gasteiger partial charge >= 0.3 is 0 Å². The van der Waals surface area contributed by atoms with E-state index in [2.05, 4.69) is 24.0 Å². The average Bonchev–Trinajstić information content (AvgIpc) is 2.56. The zero-order chi connectivity index (χ0) is 11.4. The lowest BCUT2D eigenvalue weighted by Gasteiger charge is -2.12. The number of aromatic nitrogens is 3. The molecule has 1 aromatic heterocycles. The van der Waals surface area contributed by atoms with E-state index in [0.29, 0.717) is 5.95 Å². The molecule has 0 radical (unpaired) electrons. The van der Waals surface area contributed by atoms with E-state index in [4.69, 9.17) is 10.5 Å². The van der Waals surface area contributed by atoms with Crippen LogP contribution in [0.1, 0.15) is 26.8 Å². The Morgan fingerprint density at radius 2 is 2.07 bits per heavy atom. The van der Waals surface area contributed by atoms with Crippen molar-refractivity contribution in [3.8, 4) is 0 Å². The van der Waals surface area contributed by atoms with Crippen LogP contribution in [0.2, 0.25) is 0 Å². The molecule has 0 aliphatic carbocycles. The summed E-state index contributed by atoms with van der Waals surface area (Å²) in [4.78, 5) is 0. The number of hydrogen-bond donors (Lipinski definition) is 1. The number of nitrogens with two attached hydrogens (primary N) is 1. The normalized spacial score (nSPS) is 13.4. The van der Waals surface area contributed by atoms with Gasteiger partial charge in [0.2, 0.25) is 5.95 Å². The molecular formula is C9H18N4OS. The van der Waals surface area contributed by atoms with Crippen LogP contribution in [-0.2, 0) is 4.74 Å². The van der Waals surface area contributed by atoms with Gasteiger partial charge in [0, 0.05) is 18.9 Å². The first kappa shape index (κ1) is 12.3. The highest BCUT2D eigenvalue weighted by Crippen LogP contribution is 2.23. The summed E-state index contributed by atoms with van der Waals surface area (Å²) in [7, 11) is 1.70. The van der Waals surface area contributed by atoms with Crippen LogP contribution < -0.4 is 5.73 Å². The Labute approximate surface area is 94.4 Å². The molecular weight excluding hydrogens is 212 g/mol. The van der Waals surface area contributed by atoms with Gasteiger partial charge in [0.1, 0.15) is 0 Å². The Balaban J connectivity index is 2.68. The van der Waals surface area contributed by atoms with Crippen LogP contribution in [0.25, 0.3) is 0 Å². The molecule has 0 fully saturated rings. The topological polar surface area (TPSA) is 66.0 Å². The highest BCUT2D eigenvalue weighted by molar-refractivity contribution is 7.99. The number of nitrogen functional groups attached to an aromatic ring is 1. The molecule has 1 aromatic rings. The van der Waals surface area contributed by atoms with Crippen LogP contribution >= 0.6 is 11.8 Å². The van der Waals surface area contributed by atoms with Gasteiger partial charge in [-0.05, 0) is 20.8 Å². The minimum atomic E-state index is 0.202. The standard InChI is InChI=1S/C9H18N4OS/c1-6(2)13-8(10)11-12-9(13)15-5-7(3)14-4/h6-7H,5H2,1-4H3,(H2,10,11). The largest absolute Gasteiger partial charge is 0.381 e. The van der Waals surface area contributed by atoms with Gasteiger partial charge in [0.25, 0.3) is 0 Å². The molecule has 15 heavy (non-hydrogen) atoms. The molecule has 1 unspecified atom stereocenters. The summed E-state index contributed by atoms with van der Waals surface area (Å²) in [5.74, 6) is 1.32. The molecule has 1 atom stereocenters. The summed E-state index contributed by atoms with van der Waals surface area (Å²) in [6.45, 7) is 6.14. The molecule has 0 bridgehead atoms. The van der Waals surface area contributed by atoms with Crippen molar-refractivity contribution in [2.75, 3.05) is 18.6 Å². The Kier molecular flexibility index (Phi) is 4.41. The second kappa shape index (κ2) is 5.37. The molecule has 0 saturated carbocycles. The Morgan fingerprint density at radius 3 is 2.60 bits per heavy atom. The van der Waals surface area contributed by atoms with E-state index in [1.165, 1.54) is 0 Å². The maximum absolute atomic E-state index is 5.73. The van der Waals surface area contributed by atoms with Crippen LogP contribution in [0, 0.1) is 0 Å². The van der Waals surface area contributed by atoms with Crippen LogP contribution in [0.15, 0.2) is 5.16 Å². The molecule has 6 heteroatoms. The number of anilines is 1. The maximum atomic E-state index is 5.73. The second-order valence-corrected chi connectivity index (χ2v) is 4.65. The number of hydrogen-bond acceptors (Lipinski definition) is 5. The molecule has 0 aliphatic heterocycles. The van der Waals surface area contributed by atoms with E-state index in [1.54, 1.807) is 18.9 Å². The molecule has 0 saturated heterocycles. The summed E-state index contributed by atoms with van der Waals surface area (Å²) >= 11 is 1.61. The van der Waals surface area contributed by atoms with E-state index >= 15 is 0 Å². The van der Waals surface area contributed by atoms with Crippen molar-refractivity contribution in [1.29, 1.82) is 0 Å². The number of methoxy groups -OCH3 is 1. The second-order valence-electron chi connectivity index (χ2n) is 3.66. The third kappa shape index (κ3) is 3.10. The van der Waals surface area contributed by atoms with Gasteiger partial charge in [0.05, 0.1) is 6.10 Å². The molecule has 0 aliphatic rings. The van der Waals surface area contributed by atoms with Crippen molar-refractivity contribution in [3.63, 3.8) is 0 Å². The third-order valence-corrected chi connectivity index (χ3v) is 3.23.